The number of nitrogens with zero attached hydrogens (tertiary/aromatic N) is 1. The molecule has 1 atom stereocenters. The maximum atomic E-state index is 13.2. The summed E-state index contributed by atoms with van der Waals surface area (Å²) in [4.78, 5) is 13.6. The number of rotatable bonds is 4. The van der Waals surface area contributed by atoms with Gasteiger partial charge in [-0.25, -0.2) is 4.39 Å². The van der Waals surface area contributed by atoms with Gasteiger partial charge in [-0.15, -0.1) is 0 Å². The molecule has 0 saturated carbocycles. The number of anilines is 1. The average molecular weight is 265 g/mol. The van der Waals surface area contributed by atoms with Crippen LogP contribution in [-0.2, 0) is 4.74 Å². The topological polar surface area (TPSA) is 29.5 Å². The Balaban J connectivity index is 2.13. The number of carbonyl (C=O) groups is 1. The maximum Gasteiger partial charge on any atom is 0.161 e. The smallest absolute Gasteiger partial charge is 0.161 e. The number of Topliss-reactive ketones (excluding diaryl/α,β-unsaturated/α-hetero) is 1. The highest BCUT2D eigenvalue weighted by Crippen LogP contribution is 2.24. The number of benzene rings is 1. The van der Waals surface area contributed by atoms with E-state index in [2.05, 4.69) is 0 Å². The molecule has 1 heterocycles. The summed E-state index contributed by atoms with van der Waals surface area (Å²) >= 11 is 0. The van der Waals surface area contributed by atoms with Crippen molar-refractivity contribution in [2.45, 2.75) is 19.8 Å². The van der Waals surface area contributed by atoms with Crippen LogP contribution in [0, 0.1) is 11.7 Å². The van der Waals surface area contributed by atoms with Crippen molar-refractivity contribution in [3.63, 3.8) is 0 Å². The van der Waals surface area contributed by atoms with Gasteiger partial charge in [0.15, 0.2) is 5.78 Å². The van der Waals surface area contributed by atoms with Crippen molar-refractivity contribution >= 4 is 11.5 Å². The Kier molecular flexibility index (Phi) is 4.53. The molecule has 0 N–H and O–H groups in total. The molecule has 0 spiro atoms. The standard InChI is InChI=1S/C15H20FNO2/c1-11(18)14-8-13(16)5-6-15(14)17(2)9-12-4-3-7-19-10-12/h5-6,8,12H,3-4,7,9-10H2,1-2H3. The molecule has 0 amide bonds. The van der Waals surface area contributed by atoms with Crippen LogP contribution in [0.3, 0.4) is 0 Å². The normalized spacial score (nSPS) is 19.2. The number of hydrogen-bond acceptors (Lipinski definition) is 3. The molecule has 4 heteroatoms. The second-order valence-electron chi connectivity index (χ2n) is 5.18. The molecule has 0 radical (unpaired) electrons. The van der Waals surface area contributed by atoms with E-state index in [-0.39, 0.29) is 11.6 Å². The highest BCUT2D eigenvalue weighted by Gasteiger charge is 2.18. The average Bonchev–Trinajstić information content (AvgIpc) is 2.39. The Labute approximate surface area is 113 Å². The van der Waals surface area contributed by atoms with Gasteiger partial charge < -0.3 is 9.64 Å². The van der Waals surface area contributed by atoms with E-state index in [4.69, 9.17) is 4.74 Å². The predicted molar refractivity (Wildman–Crippen MR) is 73.2 cm³/mol. The van der Waals surface area contributed by atoms with Crippen LogP contribution in [0.15, 0.2) is 18.2 Å². The lowest BCUT2D eigenvalue weighted by Gasteiger charge is -2.29. The fraction of sp³-hybridized carbons (Fsp3) is 0.533. The lowest BCUT2D eigenvalue weighted by atomic mass is 10.0. The van der Waals surface area contributed by atoms with E-state index in [1.165, 1.54) is 19.1 Å². The minimum absolute atomic E-state index is 0.110. The molecule has 1 aliphatic rings. The molecule has 1 aromatic rings. The van der Waals surface area contributed by atoms with E-state index in [0.717, 1.165) is 38.3 Å². The van der Waals surface area contributed by atoms with E-state index in [9.17, 15) is 9.18 Å². The van der Waals surface area contributed by atoms with Crippen LogP contribution in [0.5, 0.6) is 0 Å². The minimum Gasteiger partial charge on any atom is -0.381 e. The monoisotopic (exact) mass is 265 g/mol. The van der Waals surface area contributed by atoms with Crippen LogP contribution in [0.2, 0.25) is 0 Å². The number of ketones is 1. The van der Waals surface area contributed by atoms with Gasteiger partial charge in [-0.2, -0.15) is 0 Å². The van der Waals surface area contributed by atoms with E-state index >= 15 is 0 Å². The summed E-state index contributed by atoms with van der Waals surface area (Å²) < 4.78 is 18.7. The third-order valence-electron chi connectivity index (χ3n) is 3.54. The van der Waals surface area contributed by atoms with E-state index < -0.39 is 0 Å². The molecule has 0 aliphatic carbocycles. The molecule has 3 nitrogen and oxygen atoms in total. The molecular formula is C15H20FNO2. The summed E-state index contributed by atoms with van der Waals surface area (Å²) in [6, 6.07) is 4.39. The molecular weight excluding hydrogens is 245 g/mol. The van der Waals surface area contributed by atoms with E-state index in [0.29, 0.717) is 11.5 Å². The Hall–Kier alpha value is -1.42. The number of halogens is 1. The van der Waals surface area contributed by atoms with Gasteiger partial charge in [0, 0.05) is 31.5 Å². The fourth-order valence-corrected chi connectivity index (χ4v) is 2.56. The summed E-state index contributed by atoms with van der Waals surface area (Å²) in [6.07, 6.45) is 2.22. The van der Waals surface area contributed by atoms with E-state index in [1.54, 1.807) is 6.07 Å². The van der Waals surface area contributed by atoms with Crippen LogP contribution >= 0.6 is 0 Å². The van der Waals surface area contributed by atoms with Gasteiger partial charge in [0.2, 0.25) is 0 Å². The van der Waals surface area contributed by atoms with Gasteiger partial charge in [0.25, 0.3) is 0 Å². The molecule has 1 saturated heterocycles. The van der Waals surface area contributed by atoms with Gasteiger partial charge in [0.1, 0.15) is 5.82 Å². The molecule has 1 unspecified atom stereocenters. The fourth-order valence-electron chi connectivity index (χ4n) is 2.56. The number of carbonyl (C=O) groups excluding carboxylic acids is 1. The second kappa shape index (κ2) is 6.15. The SMILES string of the molecule is CC(=O)c1cc(F)ccc1N(C)CC1CCCOC1. The predicted octanol–water partition coefficient (Wildman–Crippen LogP) is 2.89. The molecule has 0 bridgehead atoms. The maximum absolute atomic E-state index is 13.2. The van der Waals surface area contributed by atoms with Gasteiger partial charge in [-0.3, -0.25) is 4.79 Å². The molecule has 1 aliphatic heterocycles. The van der Waals surface area contributed by atoms with Crippen molar-refractivity contribution in [2.75, 3.05) is 31.7 Å². The van der Waals surface area contributed by atoms with Crippen LogP contribution < -0.4 is 4.90 Å². The van der Waals surface area contributed by atoms with Crippen molar-refractivity contribution in [1.82, 2.24) is 0 Å². The zero-order chi connectivity index (χ0) is 13.8. The van der Waals surface area contributed by atoms with Crippen molar-refractivity contribution < 1.29 is 13.9 Å². The molecule has 1 fully saturated rings. The first-order chi connectivity index (χ1) is 9.08. The van der Waals surface area contributed by atoms with Gasteiger partial charge in [-0.05, 0) is 43.9 Å². The zero-order valence-corrected chi connectivity index (χ0v) is 11.5. The Morgan fingerprint density at radius 2 is 2.32 bits per heavy atom. The first-order valence-electron chi connectivity index (χ1n) is 6.67. The van der Waals surface area contributed by atoms with Crippen molar-refractivity contribution in [3.05, 3.63) is 29.6 Å². The lowest BCUT2D eigenvalue weighted by molar-refractivity contribution is 0.0576. The van der Waals surface area contributed by atoms with Crippen LogP contribution in [0.25, 0.3) is 0 Å². The Morgan fingerprint density at radius 1 is 1.53 bits per heavy atom. The van der Waals surface area contributed by atoms with Gasteiger partial charge >= 0.3 is 0 Å². The third kappa shape index (κ3) is 3.53. The van der Waals surface area contributed by atoms with Crippen molar-refractivity contribution in [1.29, 1.82) is 0 Å². The van der Waals surface area contributed by atoms with Gasteiger partial charge in [0.05, 0.1) is 6.61 Å². The van der Waals surface area contributed by atoms with Crippen LogP contribution in [-0.4, -0.2) is 32.6 Å². The third-order valence-corrected chi connectivity index (χ3v) is 3.54. The summed E-state index contributed by atoms with van der Waals surface area (Å²) in [5.41, 5.74) is 1.23. The van der Waals surface area contributed by atoms with Crippen molar-refractivity contribution in [2.24, 2.45) is 5.92 Å². The zero-order valence-electron chi connectivity index (χ0n) is 11.5. The molecule has 19 heavy (non-hydrogen) atoms. The van der Waals surface area contributed by atoms with Crippen LogP contribution in [0.1, 0.15) is 30.1 Å². The molecule has 0 aromatic heterocycles. The highest BCUT2D eigenvalue weighted by atomic mass is 19.1. The highest BCUT2D eigenvalue weighted by molar-refractivity contribution is 5.99. The van der Waals surface area contributed by atoms with Crippen LogP contribution in [0.4, 0.5) is 10.1 Å². The quantitative estimate of drug-likeness (QED) is 0.784. The van der Waals surface area contributed by atoms with Crippen molar-refractivity contribution in [3.8, 4) is 0 Å². The first kappa shape index (κ1) is 14.0. The number of ether oxygens (including phenoxy) is 1. The largest absolute Gasteiger partial charge is 0.381 e. The Morgan fingerprint density at radius 3 is 2.95 bits per heavy atom. The first-order valence-corrected chi connectivity index (χ1v) is 6.67. The minimum atomic E-state index is -0.372. The molecule has 104 valence electrons. The van der Waals surface area contributed by atoms with Gasteiger partial charge in [-0.1, -0.05) is 0 Å². The summed E-state index contributed by atoms with van der Waals surface area (Å²) in [5.74, 6) is -0.00629. The molecule has 1 aromatic carbocycles. The summed E-state index contributed by atoms with van der Waals surface area (Å²) in [7, 11) is 1.94. The van der Waals surface area contributed by atoms with E-state index in [1.807, 2.05) is 11.9 Å². The lowest BCUT2D eigenvalue weighted by Crippen LogP contribution is -2.31. The summed E-state index contributed by atoms with van der Waals surface area (Å²) in [5, 5.41) is 0. The summed E-state index contributed by atoms with van der Waals surface area (Å²) in [6.45, 7) is 3.90. The molecule has 2 rings (SSSR count). The second-order valence-corrected chi connectivity index (χ2v) is 5.18. The Bertz CT molecular complexity index is 455. The number of hydrogen-bond donors (Lipinski definition) is 0.